The fourth-order valence-corrected chi connectivity index (χ4v) is 5.01. The Labute approximate surface area is 170 Å². The zero-order chi connectivity index (χ0) is 17.9. The van der Waals surface area contributed by atoms with Crippen LogP contribution < -0.4 is 10.2 Å². The number of anilines is 1. The fraction of sp³-hybridized carbons (Fsp3) is 0.632. The summed E-state index contributed by atoms with van der Waals surface area (Å²) in [6.45, 7) is 3.76. The number of amides is 1. The molecule has 4 heterocycles. The Bertz CT molecular complexity index is 761. The maximum atomic E-state index is 13.2. The van der Waals surface area contributed by atoms with Crippen LogP contribution in [0, 0.1) is 5.92 Å². The van der Waals surface area contributed by atoms with Gasteiger partial charge in [0.05, 0.1) is 5.39 Å². The molecule has 1 amide bonds. The first-order chi connectivity index (χ1) is 12.8. The number of nitrogens with zero attached hydrogens (tertiary/aromatic N) is 4. The van der Waals surface area contributed by atoms with Crippen LogP contribution in [0.25, 0.3) is 10.2 Å². The third-order valence-electron chi connectivity index (χ3n) is 5.78. The second-order valence-electron chi connectivity index (χ2n) is 7.35. The molecule has 0 aliphatic carbocycles. The molecule has 1 atom stereocenters. The van der Waals surface area contributed by atoms with E-state index >= 15 is 0 Å². The fourth-order valence-electron chi connectivity index (χ4n) is 4.28. The number of hydrogen-bond donors (Lipinski definition) is 1. The number of nitrogens with one attached hydrogen (secondary N) is 1. The topological polar surface area (TPSA) is 61.4 Å². The van der Waals surface area contributed by atoms with Crippen molar-refractivity contribution < 1.29 is 4.79 Å². The van der Waals surface area contributed by atoms with Gasteiger partial charge in [-0.05, 0) is 63.1 Å². The Hall–Kier alpha value is -1.44. The van der Waals surface area contributed by atoms with Crippen LogP contribution in [-0.2, 0) is 4.79 Å². The highest BCUT2D eigenvalue weighted by molar-refractivity contribution is 7.16. The summed E-state index contributed by atoms with van der Waals surface area (Å²) in [5.74, 6) is 1.96. The van der Waals surface area contributed by atoms with Gasteiger partial charge >= 0.3 is 0 Å². The third kappa shape index (κ3) is 4.20. The van der Waals surface area contributed by atoms with E-state index in [9.17, 15) is 4.79 Å². The van der Waals surface area contributed by atoms with E-state index in [2.05, 4.69) is 31.2 Å². The molecule has 8 heteroatoms. The summed E-state index contributed by atoms with van der Waals surface area (Å²) in [5.41, 5.74) is 0. The number of fused-ring (bicyclic) bond motifs is 1. The molecule has 2 aromatic rings. The molecular formula is C19H28ClN5OS. The summed E-state index contributed by atoms with van der Waals surface area (Å²) in [4.78, 5) is 27.4. The number of likely N-dealkylation sites (tertiary alicyclic amines) is 1. The van der Waals surface area contributed by atoms with Crippen LogP contribution in [0.15, 0.2) is 17.8 Å². The van der Waals surface area contributed by atoms with Crippen molar-refractivity contribution in [3.63, 3.8) is 0 Å². The van der Waals surface area contributed by atoms with E-state index in [0.29, 0.717) is 0 Å². The molecule has 2 aromatic heterocycles. The van der Waals surface area contributed by atoms with Crippen molar-refractivity contribution in [2.45, 2.75) is 38.1 Å². The lowest BCUT2D eigenvalue weighted by Gasteiger charge is -2.36. The minimum absolute atomic E-state index is 0. The average molecular weight is 410 g/mol. The number of carbonyl (C=O) groups is 1. The van der Waals surface area contributed by atoms with Crippen LogP contribution >= 0.6 is 23.7 Å². The second-order valence-corrected chi connectivity index (χ2v) is 8.24. The second kappa shape index (κ2) is 9.17. The molecule has 0 radical (unpaired) electrons. The van der Waals surface area contributed by atoms with Gasteiger partial charge in [-0.1, -0.05) is 0 Å². The van der Waals surface area contributed by atoms with Gasteiger partial charge in [0.25, 0.3) is 0 Å². The van der Waals surface area contributed by atoms with Crippen molar-refractivity contribution in [2.24, 2.45) is 5.92 Å². The summed E-state index contributed by atoms with van der Waals surface area (Å²) < 4.78 is 0. The zero-order valence-corrected chi connectivity index (χ0v) is 17.4. The van der Waals surface area contributed by atoms with Crippen LogP contribution in [0.1, 0.15) is 32.1 Å². The number of carbonyl (C=O) groups excluding carboxylic acids is 1. The number of aromatic nitrogens is 2. The minimum atomic E-state index is -0.0677. The van der Waals surface area contributed by atoms with E-state index in [-0.39, 0.29) is 24.4 Å². The molecule has 2 aliphatic rings. The SMILES string of the molecule is CNCCC1CCN(C(=O)C2CCCN2c2ncnc3sccc23)CC1.Cl. The predicted octanol–water partition coefficient (Wildman–Crippen LogP) is 2.93. The highest BCUT2D eigenvalue weighted by atomic mass is 35.5. The molecule has 0 aromatic carbocycles. The first-order valence-electron chi connectivity index (χ1n) is 9.66. The number of hydrogen-bond acceptors (Lipinski definition) is 6. The van der Waals surface area contributed by atoms with Crippen molar-refractivity contribution in [3.05, 3.63) is 17.8 Å². The highest BCUT2D eigenvalue weighted by Crippen LogP contribution is 2.33. The van der Waals surface area contributed by atoms with Crippen LogP contribution in [0.2, 0.25) is 0 Å². The van der Waals surface area contributed by atoms with E-state index in [1.165, 1.54) is 6.42 Å². The maximum absolute atomic E-state index is 13.2. The van der Waals surface area contributed by atoms with Crippen molar-refractivity contribution in [3.8, 4) is 0 Å². The lowest BCUT2D eigenvalue weighted by molar-refractivity contribution is -0.133. The summed E-state index contributed by atoms with van der Waals surface area (Å²) in [5, 5.41) is 6.35. The quantitative estimate of drug-likeness (QED) is 0.822. The van der Waals surface area contributed by atoms with Gasteiger partial charge in [-0.3, -0.25) is 4.79 Å². The standard InChI is InChI=1S/C19H27N5OS.ClH/c1-20-8-4-14-5-10-23(11-6-14)19(25)16-3-2-9-24(16)17-15-7-12-26-18(15)22-13-21-17;/h7,12-14,16,20H,2-6,8-11H2,1H3;1H. The number of thiophene rings is 1. The van der Waals surface area contributed by atoms with Crippen molar-refractivity contribution in [1.82, 2.24) is 20.2 Å². The van der Waals surface area contributed by atoms with E-state index in [0.717, 1.165) is 73.8 Å². The predicted molar refractivity (Wildman–Crippen MR) is 113 cm³/mol. The Morgan fingerprint density at radius 2 is 2.07 bits per heavy atom. The molecule has 6 nitrogen and oxygen atoms in total. The monoisotopic (exact) mass is 409 g/mol. The van der Waals surface area contributed by atoms with Gasteiger partial charge in [0, 0.05) is 19.6 Å². The summed E-state index contributed by atoms with van der Waals surface area (Å²) in [6, 6.07) is 2.00. The lowest BCUT2D eigenvalue weighted by Crippen LogP contribution is -2.49. The van der Waals surface area contributed by atoms with Crippen molar-refractivity contribution >= 4 is 45.7 Å². The lowest BCUT2D eigenvalue weighted by atomic mass is 9.93. The van der Waals surface area contributed by atoms with E-state index in [4.69, 9.17) is 0 Å². The molecular weight excluding hydrogens is 382 g/mol. The smallest absolute Gasteiger partial charge is 0.245 e. The van der Waals surface area contributed by atoms with Crippen molar-refractivity contribution in [2.75, 3.05) is 38.1 Å². The number of piperidine rings is 1. The van der Waals surface area contributed by atoms with E-state index in [1.54, 1.807) is 17.7 Å². The van der Waals surface area contributed by atoms with Gasteiger partial charge in [0.1, 0.15) is 23.0 Å². The van der Waals surface area contributed by atoms with Crippen LogP contribution in [0.5, 0.6) is 0 Å². The molecule has 0 bridgehead atoms. The Morgan fingerprint density at radius 1 is 1.26 bits per heavy atom. The van der Waals surface area contributed by atoms with Crippen molar-refractivity contribution in [1.29, 1.82) is 0 Å². The van der Waals surface area contributed by atoms with E-state index < -0.39 is 0 Å². The Kier molecular flexibility index (Phi) is 6.89. The molecule has 0 spiro atoms. The molecule has 2 fully saturated rings. The van der Waals surface area contributed by atoms with Gasteiger partial charge in [-0.25, -0.2) is 9.97 Å². The van der Waals surface area contributed by atoms with E-state index in [1.807, 2.05) is 12.4 Å². The van der Waals surface area contributed by atoms with Crippen LogP contribution in [0.3, 0.4) is 0 Å². The molecule has 2 saturated heterocycles. The molecule has 1 unspecified atom stereocenters. The number of halogens is 1. The first kappa shape index (κ1) is 20.3. The first-order valence-corrected chi connectivity index (χ1v) is 10.5. The van der Waals surface area contributed by atoms with Gasteiger partial charge in [-0.2, -0.15) is 0 Å². The molecule has 2 aliphatic heterocycles. The summed E-state index contributed by atoms with van der Waals surface area (Å²) in [6.07, 6.45) is 7.07. The molecule has 0 saturated carbocycles. The number of rotatable bonds is 5. The minimum Gasteiger partial charge on any atom is -0.344 e. The maximum Gasteiger partial charge on any atom is 0.245 e. The van der Waals surface area contributed by atoms with Gasteiger partial charge < -0.3 is 15.1 Å². The molecule has 4 rings (SSSR count). The van der Waals surface area contributed by atoms with Gasteiger partial charge in [0.2, 0.25) is 5.91 Å². The normalized spacial score (nSPS) is 20.9. The Morgan fingerprint density at radius 3 is 2.85 bits per heavy atom. The van der Waals surface area contributed by atoms with Crippen LogP contribution in [-0.4, -0.2) is 60.0 Å². The molecule has 27 heavy (non-hydrogen) atoms. The highest BCUT2D eigenvalue weighted by Gasteiger charge is 2.36. The van der Waals surface area contributed by atoms with Gasteiger partial charge in [0.15, 0.2) is 0 Å². The largest absolute Gasteiger partial charge is 0.344 e. The molecule has 1 N–H and O–H groups in total. The third-order valence-corrected chi connectivity index (χ3v) is 6.60. The summed E-state index contributed by atoms with van der Waals surface area (Å²) in [7, 11) is 2.00. The Balaban J connectivity index is 0.00000210. The van der Waals surface area contributed by atoms with Crippen LogP contribution in [0.4, 0.5) is 5.82 Å². The molecule has 148 valence electrons. The zero-order valence-electron chi connectivity index (χ0n) is 15.8. The van der Waals surface area contributed by atoms with Gasteiger partial charge in [-0.15, -0.1) is 23.7 Å². The summed E-state index contributed by atoms with van der Waals surface area (Å²) >= 11 is 1.63. The average Bonchev–Trinajstić information content (AvgIpc) is 3.35.